The smallest absolute Gasteiger partial charge is 0.286 e. The number of rotatable bonds is 2. The van der Waals surface area contributed by atoms with E-state index >= 15 is 0 Å². The Morgan fingerprint density at radius 3 is 2.08 bits per heavy atom. The lowest BCUT2D eigenvalue weighted by molar-refractivity contribution is -0.113. The van der Waals surface area contributed by atoms with Crippen LogP contribution in [-0.2, 0) is 15.6 Å². The summed E-state index contributed by atoms with van der Waals surface area (Å²) in [5.41, 5.74) is 2.08. The lowest BCUT2D eigenvalue weighted by Gasteiger charge is -2.28. The molecule has 0 aromatic heterocycles. The molecule has 0 fully saturated rings. The van der Waals surface area contributed by atoms with Gasteiger partial charge < -0.3 is 15.5 Å². The first kappa shape index (κ1) is 19.5. The Morgan fingerprint density at radius 2 is 1.64 bits per heavy atom. The molecule has 1 amide bonds. The predicted molar refractivity (Wildman–Crippen MR) is 104 cm³/mol. The van der Waals surface area contributed by atoms with Gasteiger partial charge >= 0.3 is 0 Å². The zero-order chi connectivity index (χ0) is 19.0. The van der Waals surface area contributed by atoms with Gasteiger partial charge in [-0.15, -0.1) is 0 Å². The summed E-state index contributed by atoms with van der Waals surface area (Å²) in [6.45, 7) is 12.0. The number of phenols is 1. The minimum absolute atomic E-state index is 0.231. The van der Waals surface area contributed by atoms with Crippen molar-refractivity contribution in [3.8, 4) is 5.75 Å². The lowest BCUT2D eigenvalue weighted by Crippen LogP contribution is -2.19. The quantitative estimate of drug-likeness (QED) is 0.554. The van der Waals surface area contributed by atoms with Crippen molar-refractivity contribution in [2.45, 2.75) is 52.4 Å². The van der Waals surface area contributed by atoms with Crippen molar-refractivity contribution < 1.29 is 15.0 Å². The van der Waals surface area contributed by atoms with Crippen LogP contribution in [0, 0.1) is 0 Å². The Kier molecular flexibility index (Phi) is 5.35. The highest BCUT2D eigenvalue weighted by molar-refractivity contribution is 8.18. The molecule has 5 nitrogen and oxygen atoms in total. The summed E-state index contributed by atoms with van der Waals surface area (Å²) in [5, 5.41) is 22.7. The van der Waals surface area contributed by atoms with Crippen LogP contribution in [0.25, 0.3) is 6.08 Å². The first-order valence-corrected chi connectivity index (χ1v) is 9.00. The van der Waals surface area contributed by atoms with Crippen molar-refractivity contribution in [2.75, 3.05) is 6.73 Å². The van der Waals surface area contributed by atoms with Crippen molar-refractivity contribution >= 4 is 28.9 Å². The maximum Gasteiger partial charge on any atom is 0.286 e. The molecule has 0 spiro atoms. The van der Waals surface area contributed by atoms with E-state index in [4.69, 9.17) is 5.11 Å². The van der Waals surface area contributed by atoms with E-state index in [0.29, 0.717) is 15.8 Å². The van der Waals surface area contributed by atoms with E-state index in [9.17, 15) is 9.90 Å². The summed E-state index contributed by atoms with van der Waals surface area (Å²) in [6.07, 6.45) is 1.78. The van der Waals surface area contributed by atoms with Gasteiger partial charge in [-0.25, -0.2) is 0 Å². The number of nitrogens with one attached hydrogen (secondary N) is 1. The summed E-state index contributed by atoms with van der Waals surface area (Å²) in [6, 6.07) is 3.84. The van der Waals surface area contributed by atoms with E-state index in [1.165, 1.54) is 11.8 Å². The zero-order valence-corrected chi connectivity index (χ0v) is 16.4. The van der Waals surface area contributed by atoms with Gasteiger partial charge in [0.15, 0.2) is 5.17 Å². The highest BCUT2D eigenvalue weighted by atomic mass is 32.2. The average Bonchev–Trinajstić information content (AvgIpc) is 2.78. The van der Waals surface area contributed by atoms with Gasteiger partial charge in [0.05, 0.1) is 4.91 Å². The second-order valence-electron chi connectivity index (χ2n) is 8.13. The molecule has 2 rings (SSSR count). The van der Waals surface area contributed by atoms with Crippen LogP contribution in [0.3, 0.4) is 0 Å². The monoisotopic (exact) mass is 362 g/mol. The van der Waals surface area contributed by atoms with Crippen LogP contribution < -0.4 is 5.32 Å². The van der Waals surface area contributed by atoms with E-state index in [1.54, 1.807) is 6.08 Å². The Bertz CT molecular complexity index is 718. The third-order valence-electron chi connectivity index (χ3n) is 3.90. The molecule has 25 heavy (non-hydrogen) atoms. The van der Waals surface area contributed by atoms with Crippen LogP contribution in [0.2, 0.25) is 0 Å². The number of carbonyl (C=O) groups is 1. The molecule has 0 radical (unpaired) electrons. The minimum Gasteiger partial charge on any atom is -0.507 e. The number of carbonyl (C=O) groups excluding carboxylic acids is 1. The Balaban J connectivity index is 2.53. The van der Waals surface area contributed by atoms with Gasteiger partial charge in [0.2, 0.25) is 0 Å². The number of aliphatic hydroxyl groups excluding tert-OH is 1. The number of aliphatic hydroxyl groups is 1. The molecule has 0 aliphatic carbocycles. The largest absolute Gasteiger partial charge is 0.507 e. The number of amidine groups is 1. The van der Waals surface area contributed by atoms with Crippen LogP contribution in [0.15, 0.2) is 22.0 Å². The van der Waals surface area contributed by atoms with Gasteiger partial charge in [-0.05, 0) is 46.4 Å². The molecular weight excluding hydrogens is 336 g/mol. The number of nitrogens with zero attached hydrogens (tertiary/aromatic N) is 1. The standard InChI is InChI=1S/C19H26N2O3S/c1-18(2,3)12-7-11(8-13(15(12)23)19(4,5)6)9-14-16(24)21-17(25-14)20-10-22/h7-9,22-23H,10H2,1-6H3,(H,20,21,24)/b14-9+. The van der Waals surface area contributed by atoms with Gasteiger partial charge in [0.1, 0.15) is 12.5 Å². The fraction of sp³-hybridized carbons (Fsp3) is 0.474. The maximum atomic E-state index is 12.0. The molecule has 0 saturated heterocycles. The van der Waals surface area contributed by atoms with Gasteiger partial charge in [0, 0.05) is 11.1 Å². The number of phenolic OH excluding ortho intramolecular Hbond substituents is 1. The highest BCUT2D eigenvalue weighted by Crippen LogP contribution is 2.40. The molecule has 3 N–H and O–H groups in total. The Hall–Kier alpha value is -1.79. The van der Waals surface area contributed by atoms with Gasteiger partial charge in [-0.2, -0.15) is 4.99 Å². The van der Waals surface area contributed by atoms with Crippen LogP contribution in [-0.4, -0.2) is 28.0 Å². The molecule has 0 saturated carbocycles. The summed E-state index contributed by atoms with van der Waals surface area (Å²) in [4.78, 5) is 16.4. The molecule has 136 valence electrons. The minimum atomic E-state index is -0.330. The molecule has 0 bridgehead atoms. The van der Waals surface area contributed by atoms with Crippen molar-refractivity contribution in [1.29, 1.82) is 0 Å². The SMILES string of the molecule is CC(C)(C)c1cc(/C=C2/SC(NCO)=NC2=O)cc(C(C)(C)C)c1O. The summed E-state index contributed by atoms with van der Waals surface area (Å²) in [5.74, 6) is -0.0184. The second-order valence-corrected chi connectivity index (χ2v) is 9.16. The van der Waals surface area contributed by atoms with Crippen LogP contribution in [0.4, 0.5) is 0 Å². The number of aromatic hydroxyl groups is 1. The molecule has 0 unspecified atom stereocenters. The van der Waals surface area contributed by atoms with Gasteiger partial charge in [-0.3, -0.25) is 4.79 Å². The van der Waals surface area contributed by atoms with E-state index in [-0.39, 0.29) is 23.5 Å². The topological polar surface area (TPSA) is 81.9 Å². The molecule has 1 aromatic rings. The molecule has 0 atom stereocenters. The van der Waals surface area contributed by atoms with Crippen molar-refractivity contribution in [3.63, 3.8) is 0 Å². The third kappa shape index (κ3) is 4.44. The van der Waals surface area contributed by atoms with Crippen LogP contribution >= 0.6 is 11.8 Å². The molecule has 6 heteroatoms. The number of hydrogen-bond acceptors (Lipinski definition) is 5. The fourth-order valence-corrected chi connectivity index (χ4v) is 3.39. The molecule has 1 aromatic carbocycles. The Morgan fingerprint density at radius 1 is 1.12 bits per heavy atom. The van der Waals surface area contributed by atoms with E-state index in [0.717, 1.165) is 16.7 Å². The number of thioether (sulfide) groups is 1. The normalized spacial score (nSPS) is 17.2. The van der Waals surface area contributed by atoms with Crippen LogP contribution in [0.1, 0.15) is 58.2 Å². The van der Waals surface area contributed by atoms with E-state index in [1.807, 2.05) is 53.7 Å². The van der Waals surface area contributed by atoms with Crippen molar-refractivity contribution in [3.05, 3.63) is 33.7 Å². The predicted octanol–water partition coefficient (Wildman–Crippen LogP) is 3.50. The Labute approximate surface area is 153 Å². The first-order chi connectivity index (χ1) is 11.4. The summed E-state index contributed by atoms with van der Waals surface area (Å²) in [7, 11) is 0. The zero-order valence-electron chi connectivity index (χ0n) is 15.6. The average molecular weight is 362 g/mol. The highest BCUT2D eigenvalue weighted by Gasteiger charge is 2.27. The lowest BCUT2D eigenvalue weighted by atomic mass is 9.78. The van der Waals surface area contributed by atoms with Gasteiger partial charge in [-0.1, -0.05) is 41.5 Å². The van der Waals surface area contributed by atoms with Crippen molar-refractivity contribution in [1.82, 2.24) is 5.32 Å². The molecular formula is C19H26N2O3S. The third-order valence-corrected chi connectivity index (χ3v) is 4.84. The molecule has 1 aliphatic heterocycles. The number of benzene rings is 1. The molecule has 1 aliphatic rings. The first-order valence-electron chi connectivity index (χ1n) is 8.19. The van der Waals surface area contributed by atoms with E-state index in [2.05, 4.69) is 10.3 Å². The summed E-state index contributed by atoms with van der Waals surface area (Å²) < 4.78 is 0. The number of hydrogen-bond donors (Lipinski definition) is 3. The van der Waals surface area contributed by atoms with E-state index < -0.39 is 0 Å². The van der Waals surface area contributed by atoms with Crippen LogP contribution in [0.5, 0.6) is 5.75 Å². The second kappa shape index (κ2) is 6.84. The number of aliphatic imine (C=N–C) groups is 1. The van der Waals surface area contributed by atoms with Gasteiger partial charge in [0.25, 0.3) is 5.91 Å². The fourth-order valence-electron chi connectivity index (χ4n) is 2.59. The maximum absolute atomic E-state index is 12.0. The number of amides is 1. The molecule has 1 heterocycles. The summed E-state index contributed by atoms with van der Waals surface area (Å²) >= 11 is 1.20. The van der Waals surface area contributed by atoms with Crippen molar-refractivity contribution in [2.24, 2.45) is 4.99 Å².